The Morgan fingerprint density at radius 2 is 1.78 bits per heavy atom. The molecule has 4 rings (SSSR count). The van der Waals surface area contributed by atoms with E-state index in [0.717, 1.165) is 63.9 Å². The summed E-state index contributed by atoms with van der Waals surface area (Å²) in [7, 11) is 0. The highest BCUT2D eigenvalue weighted by Gasteiger charge is 2.47. The highest BCUT2D eigenvalue weighted by atomic mass is 16.5. The van der Waals surface area contributed by atoms with Crippen LogP contribution in [0.3, 0.4) is 0 Å². The third kappa shape index (κ3) is 5.57. The summed E-state index contributed by atoms with van der Waals surface area (Å²) in [5.41, 5.74) is 0.178. The molecule has 2 aromatic rings. The molecule has 1 saturated heterocycles. The van der Waals surface area contributed by atoms with E-state index in [-0.39, 0.29) is 5.92 Å². The summed E-state index contributed by atoms with van der Waals surface area (Å²) in [5, 5.41) is 11.6. The lowest BCUT2D eigenvalue weighted by Crippen LogP contribution is -2.43. The number of carbonyl (C=O) groups excluding carboxylic acids is 1. The van der Waals surface area contributed by atoms with E-state index in [4.69, 9.17) is 4.74 Å². The van der Waals surface area contributed by atoms with Gasteiger partial charge in [-0.25, -0.2) is 4.79 Å². The van der Waals surface area contributed by atoms with Crippen molar-refractivity contribution in [3.05, 3.63) is 66.0 Å². The molecule has 5 nitrogen and oxygen atoms in total. The van der Waals surface area contributed by atoms with Gasteiger partial charge in [-0.2, -0.15) is 0 Å². The number of pyridine rings is 1. The Hall–Kier alpha value is -2.24. The van der Waals surface area contributed by atoms with Gasteiger partial charge in [0.1, 0.15) is 0 Å². The Labute approximate surface area is 191 Å². The first-order chi connectivity index (χ1) is 15.7. The molecule has 2 atom stereocenters. The fraction of sp³-hybridized carbons (Fsp3) is 0.556. The minimum Gasteiger partial charge on any atom is -0.463 e. The van der Waals surface area contributed by atoms with Crippen LogP contribution in [0.25, 0.3) is 0 Å². The van der Waals surface area contributed by atoms with Crippen LogP contribution in [-0.4, -0.2) is 47.2 Å². The van der Waals surface area contributed by atoms with Crippen LogP contribution >= 0.6 is 0 Å². The van der Waals surface area contributed by atoms with Crippen molar-refractivity contribution in [2.75, 3.05) is 26.2 Å². The van der Waals surface area contributed by atoms with Crippen molar-refractivity contribution in [3.8, 4) is 0 Å². The van der Waals surface area contributed by atoms with Crippen molar-refractivity contribution in [3.63, 3.8) is 0 Å². The molecular weight excluding hydrogens is 400 g/mol. The molecule has 1 aromatic carbocycles. The molecule has 5 heteroatoms. The van der Waals surface area contributed by atoms with Gasteiger partial charge >= 0.3 is 5.97 Å². The second-order valence-corrected chi connectivity index (χ2v) is 9.44. The second-order valence-electron chi connectivity index (χ2n) is 9.44. The molecular formula is C27H36N2O3. The van der Waals surface area contributed by atoms with Crippen molar-refractivity contribution in [2.24, 2.45) is 11.8 Å². The van der Waals surface area contributed by atoms with Crippen LogP contribution in [0.1, 0.15) is 56.2 Å². The highest BCUT2D eigenvalue weighted by Crippen LogP contribution is 2.41. The zero-order valence-corrected chi connectivity index (χ0v) is 19.0. The van der Waals surface area contributed by atoms with E-state index >= 15 is 0 Å². The average Bonchev–Trinajstić information content (AvgIpc) is 3.54. The molecule has 2 heterocycles. The van der Waals surface area contributed by atoms with Crippen molar-refractivity contribution < 1.29 is 14.6 Å². The number of aromatic nitrogens is 1. The van der Waals surface area contributed by atoms with Gasteiger partial charge in [-0.1, -0.05) is 49.2 Å². The van der Waals surface area contributed by atoms with E-state index in [1.165, 1.54) is 12.8 Å². The summed E-state index contributed by atoms with van der Waals surface area (Å²) in [4.78, 5) is 20.3. The minimum absolute atomic E-state index is 0.0775. The molecule has 2 aliphatic rings. The number of nitrogens with zero attached hydrogens (tertiary/aromatic N) is 2. The van der Waals surface area contributed by atoms with Crippen molar-refractivity contribution >= 4 is 5.97 Å². The lowest BCUT2D eigenvalue weighted by Gasteiger charge is -2.32. The zero-order valence-electron chi connectivity index (χ0n) is 19.0. The molecule has 0 amide bonds. The number of ether oxygens (including phenoxy) is 1. The van der Waals surface area contributed by atoms with Gasteiger partial charge in [0.25, 0.3) is 0 Å². The predicted octanol–water partition coefficient (Wildman–Crippen LogP) is 4.35. The molecule has 1 aromatic heterocycles. The Kier molecular flexibility index (Phi) is 7.93. The summed E-state index contributed by atoms with van der Waals surface area (Å²) in [6.07, 6.45) is 9.83. The molecule has 1 saturated carbocycles. The number of carbonyl (C=O) groups is 1. The Morgan fingerprint density at radius 3 is 2.47 bits per heavy atom. The number of aliphatic hydroxyl groups is 1. The fourth-order valence-corrected chi connectivity index (χ4v) is 5.39. The van der Waals surface area contributed by atoms with Gasteiger partial charge in [0.2, 0.25) is 0 Å². The SMILES string of the molecule is O=C(OCC[C@@H](Cc1ccccn1)CN1CCCC1)C(O)(c1ccccc1)C1CCCC1. The van der Waals surface area contributed by atoms with Crippen LogP contribution in [0.2, 0.25) is 0 Å². The molecule has 1 N–H and O–H groups in total. The topological polar surface area (TPSA) is 62.7 Å². The number of rotatable bonds is 10. The van der Waals surface area contributed by atoms with E-state index in [1.54, 1.807) is 0 Å². The highest BCUT2D eigenvalue weighted by molar-refractivity contribution is 5.81. The first-order valence-corrected chi connectivity index (χ1v) is 12.2. The monoisotopic (exact) mass is 436 g/mol. The van der Waals surface area contributed by atoms with E-state index in [1.807, 2.05) is 48.7 Å². The lowest BCUT2D eigenvalue weighted by atomic mass is 9.80. The van der Waals surface area contributed by atoms with E-state index in [9.17, 15) is 9.90 Å². The predicted molar refractivity (Wildman–Crippen MR) is 125 cm³/mol. The van der Waals surface area contributed by atoms with E-state index in [0.29, 0.717) is 18.1 Å². The standard InChI is InChI=1S/C27H36N2O3/c30-26(27(31,24-12-4-5-13-24)23-10-2-1-3-11-23)32-19-15-22(21-29-17-8-9-18-29)20-25-14-6-7-16-28-25/h1-3,6-7,10-11,14,16,22,24,31H,4-5,8-9,12-13,15,17-21H2/t22-,27?/m0/s1. The smallest absolute Gasteiger partial charge is 0.343 e. The van der Waals surface area contributed by atoms with Crippen molar-refractivity contribution in [1.82, 2.24) is 9.88 Å². The first-order valence-electron chi connectivity index (χ1n) is 12.2. The molecule has 2 fully saturated rings. The summed E-state index contributed by atoms with van der Waals surface area (Å²) >= 11 is 0. The van der Waals surface area contributed by atoms with Crippen molar-refractivity contribution in [1.29, 1.82) is 0 Å². The Bertz CT molecular complexity index is 832. The molecule has 1 aliphatic heterocycles. The van der Waals surface area contributed by atoms with Crippen LogP contribution < -0.4 is 0 Å². The third-order valence-corrected chi connectivity index (χ3v) is 7.17. The van der Waals surface area contributed by atoms with Gasteiger partial charge in [0, 0.05) is 24.4 Å². The molecule has 0 spiro atoms. The van der Waals surface area contributed by atoms with Gasteiger partial charge in [-0.05, 0) is 75.2 Å². The van der Waals surface area contributed by atoms with Gasteiger partial charge in [0.05, 0.1) is 6.61 Å². The normalized spacial score (nSPS) is 20.2. The zero-order chi connectivity index (χ0) is 22.2. The van der Waals surface area contributed by atoms with E-state index in [2.05, 4.69) is 16.0 Å². The second kappa shape index (κ2) is 11.1. The Balaban J connectivity index is 1.40. The quantitative estimate of drug-likeness (QED) is 0.561. The molecule has 172 valence electrons. The molecule has 1 unspecified atom stereocenters. The maximum absolute atomic E-state index is 13.2. The van der Waals surface area contributed by atoms with Crippen molar-refractivity contribution in [2.45, 2.75) is 57.0 Å². The van der Waals surface area contributed by atoms with Crippen LogP contribution in [0, 0.1) is 11.8 Å². The number of esters is 1. The lowest BCUT2D eigenvalue weighted by molar-refractivity contribution is -0.174. The maximum Gasteiger partial charge on any atom is 0.343 e. The molecule has 0 bridgehead atoms. The molecule has 1 aliphatic carbocycles. The Morgan fingerprint density at radius 1 is 1.06 bits per heavy atom. The maximum atomic E-state index is 13.2. The van der Waals surface area contributed by atoms with Gasteiger partial charge < -0.3 is 14.7 Å². The summed E-state index contributed by atoms with van der Waals surface area (Å²) in [6, 6.07) is 15.4. The summed E-state index contributed by atoms with van der Waals surface area (Å²) in [5.74, 6) is -0.202. The average molecular weight is 437 g/mol. The third-order valence-electron chi connectivity index (χ3n) is 7.17. The van der Waals surface area contributed by atoms with Crippen LogP contribution in [-0.2, 0) is 21.6 Å². The van der Waals surface area contributed by atoms with Crippen LogP contribution in [0.5, 0.6) is 0 Å². The number of hydrogen-bond donors (Lipinski definition) is 1. The van der Waals surface area contributed by atoms with Crippen LogP contribution in [0.4, 0.5) is 0 Å². The van der Waals surface area contributed by atoms with Gasteiger partial charge in [0.15, 0.2) is 5.60 Å². The fourth-order valence-electron chi connectivity index (χ4n) is 5.39. The molecule has 0 radical (unpaired) electrons. The van der Waals surface area contributed by atoms with Crippen LogP contribution in [0.15, 0.2) is 54.7 Å². The number of hydrogen-bond acceptors (Lipinski definition) is 5. The summed E-state index contributed by atoms with van der Waals surface area (Å²) < 4.78 is 5.78. The largest absolute Gasteiger partial charge is 0.463 e. The van der Waals surface area contributed by atoms with Gasteiger partial charge in [-0.3, -0.25) is 4.98 Å². The first kappa shape index (κ1) is 22.9. The number of benzene rings is 1. The summed E-state index contributed by atoms with van der Waals surface area (Å²) in [6.45, 7) is 3.62. The van der Waals surface area contributed by atoms with E-state index < -0.39 is 11.6 Å². The minimum atomic E-state index is -1.55. The number of likely N-dealkylation sites (tertiary alicyclic amines) is 1. The van der Waals surface area contributed by atoms with Gasteiger partial charge in [-0.15, -0.1) is 0 Å². The molecule has 32 heavy (non-hydrogen) atoms.